The van der Waals surface area contributed by atoms with Gasteiger partial charge in [0.25, 0.3) is 0 Å². The van der Waals surface area contributed by atoms with Crippen LogP contribution in [0.4, 0.5) is 11.6 Å². The molecule has 1 aromatic rings. The molecule has 0 aromatic carbocycles. The van der Waals surface area contributed by atoms with Crippen molar-refractivity contribution in [1.29, 1.82) is 0 Å². The predicted molar refractivity (Wildman–Crippen MR) is 82.3 cm³/mol. The van der Waals surface area contributed by atoms with Crippen molar-refractivity contribution in [3.63, 3.8) is 0 Å². The molecule has 1 heterocycles. The van der Waals surface area contributed by atoms with Crippen molar-refractivity contribution >= 4 is 11.6 Å². The second kappa shape index (κ2) is 5.95. The van der Waals surface area contributed by atoms with E-state index in [1.807, 2.05) is 6.92 Å². The minimum Gasteiger partial charge on any atom is -0.389 e. The number of anilines is 2. The molecule has 112 valence electrons. The lowest BCUT2D eigenvalue weighted by molar-refractivity contribution is 0.0944. The third kappa shape index (κ3) is 4.07. The van der Waals surface area contributed by atoms with E-state index in [4.69, 9.17) is 0 Å². The standard InChI is InChI=1S/C15H26N4O/c1-5-8-16-12-10(2)13(17-9-15(3,4)20)19-14(18-12)11-6-7-11/h11,20H,5-9H2,1-4H3,(H2,16,17,18,19). The van der Waals surface area contributed by atoms with Gasteiger partial charge in [-0.3, -0.25) is 0 Å². The van der Waals surface area contributed by atoms with Crippen LogP contribution < -0.4 is 10.6 Å². The highest BCUT2D eigenvalue weighted by Gasteiger charge is 2.28. The number of nitrogens with zero attached hydrogens (tertiary/aromatic N) is 2. The molecule has 0 aliphatic heterocycles. The molecule has 3 N–H and O–H groups in total. The summed E-state index contributed by atoms with van der Waals surface area (Å²) in [5, 5.41) is 16.5. The van der Waals surface area contributed by atoms with Crippen LogP contribution in [0.2, 0.25) is 0 Å². The van der Waals surface area contributed by atoms with Crippen molar-refractivity contribution in [1.82, 2.24) is 9.97 Å². The maximum absolute atomic E-state index is 9.85. The first-order valence-corrected chi connectivity index (χ1v) is 7.49. The van der Waals surface area contributed by atoms with Crippen LogP contribution in [-0.2, 0) is 0 Å². The van der Waals surface area contributed by atoms with Gasteiger partial charge in [-0.2, -0.15) is 0 Å². The third-order valence-electron chi connectivity index (χ3n) is 3.34. The lowest BCUT2D eigenvalue weighted by atomic mass is 10.1. The van der Waals surface area contributed by atoms with E-state index in [2.05, 4.69) is 27.5 Å². The van der Waals surface area contributed by atoms with E-state index in [0.717, 1.165) is 36.0 Å². The summed E-state index contributed by atoms with van der Waals surface area (Å²) in [4.78, 5) is 9.28. The highest BCUT2D eigenvalue weighted by Crippen LogP contribution is 2.39. The van der Waals surface area contributed by atoms with E-state index in [-0.39, 0.29) is 0 Å². The van der Waals surface area contributed by atoms with Crippen LogP contribution >= 0.6 is 0 Å². The lowest BCUT2D eigenvalue weighted by Crippen LogP contribution is -2.30. The normalized spacial score (nSPS) is 15.2. The van der Waals surface area contributed by atoms with Crippen LogP contribution in [0.5, 0.6) is 0 Å². The Balaban J connectivity index is 2.21. The molecule has 1 fully saturated rings. The zero-order chi connectivity index (χ0) is 14.8. The molecular weight excluding hydrogens is 252 g/mol. The molecule has 0 radical (unpaired) electrons. The molecule has 0 atom stereocenters. The molecular formula is C15H26N4O. The second-order valence-electron chi connectivity index (χ2n) is 6.27. The molecule has 1 aromatic heterocycles. The molecule has 1 aliphatic rings. The number of hydrogen-bond donors (Lipinski definition) is 3. The van der Waals surface area contributed by atoms with Gasteiger partial charge < -0.3 is 15.7 Å². The SMILES string of the molecule is CCCNc1nc(C2CC2)nc(NCC(C)(C)O)c1C. The number of nitrogens with one attached hydrogen (secondary N) is 2. The molecule has 0 bridgehead atoms. The van der Waals surface area contributed by atoms with E-state index in [9.17, 15) is 5.11 Å². The Morgan fingerprint density at radius 1 is 1.20 bits per heavy atom. The summed E-state index contributed by atoms with van der Waals surface area (Å²) in [5.41, 5.74) is 0.265. The van der Waals surface area contributed by atoms with Crippen LogP contribution in [0.1, 0.15) is 57.3 Å². The summed E-state index contributed by atoms with van der Waals surface area (Å²) in [6.45, 7) is 9.11. The molecule has 0 saturated heterocycles. The zero-order valence-corrected chi connectivity index (χ0v) is 13.0. The van der Waals surface area contributed by atoms with Crippen molar-refractivity contribution in [2.45, 2.75) is 58.5 Å². The van der Waals surface area contributed by atoms with E-state index in [1.165, 1.54) is 12.8 Å². The van der Waals surface area contributed by atoms with Crippen molar-refractivity contribution in [3.05, 3.63) is 11.4 Å². The third-order valence-corrected chi connectivity index (χ3v) is 3.34. The fourth-order valence-electron chi connectivity index (χ4n) is 1.95. The fourth-order valence-corrected chi connectivity index (χ4v) is 1.95. The Hall–Kier alpha value is -1.36. The summed E-state index contributed by atoms with van der Waals surface area (Å²) in [5.74, 6) is 3.19. The van der Waals surface area contributed by atoms with Crippen molar-refractivity contribution in [2.24, 2.45) is 0 Å². The molecule has 2 rings (SSSR count). The smallest absolute Gasteiger partial charge is 0.136 e. The van der Waals surface area contributed by atoms with Gasteiger partial charge >= 0.3 is 0 Å². The average Bonchev–Trinajstić information content (AvgIpc) is 3.19. The molecule has 0 amide bonds. The number of aliphatic hydroxyl groups is 1. The first-order valence-electron chi connectivity index (χ1n) is 7.49. The van der Waals surface area contributed by atoms with Crippen LogP contribution in [-0.4, -0.2) is 33.8 Å². The van der Waals surface area contributed by atoms with E-state index >= 15 is 0 Å². The average molecular weight is 278 g/mol. The van der Waals surface area contributed by atoms with Gasteiger partial charge in [0.1, 0.15) is 17.5 Å². The van der Waals surface area contributed by atoms with E-state index < -0.39 is 5.60 Å². The van der Waals surface area contributed by atoms with Gasteiger partial charge in [0.2, 0.25) is 0 Å². The van der Waals surface area contributed by atoms with Gasteiger partial charge in [-0.15, -0.1) is 0 Å². The first-order chi connectivity index (χ1) is 9.40. The summed E-state index contributed by atoms with van der Waals surface area (Å²) >= 11 is 0. The highest BCUT2D eigenvalue weighted by molar-refractivity contribution is 5.57. The minimum atomic E-state index is -0.756. The maximum atomic E-state index is 9.85. The minimum absolute atomic E-state index is 0.474. The second-order valence-corrected chi connectivity index (χ2v) is 6.27. The van der Waals surface area contributed by atoms with Crippen LogP contribution in [0.25, 0.3) is 0 Å². The highest BCUT2D eigenvalue weighted by atomic mass is 16.3. The Bertz CT molecular complexity index is 464. The van der Waals surface area contributed by atoms with Gasteiger partial charge in [0.15, 0.2) is 0 Å². The summed E-state index contributed by atoms with van der Waals surface area (Å²) in [6.07, 6.45) is 3.43. The van der Waals surface area contributed by atoms with Gasteiger partial charge in [0.05, 0.1) is 5.60 Å². The van der Waals surface area contributed by atoms with Crippen LogP contribution in [0.3, 0.4) is 0 Å². The van der Waals surface area contributed by atoms with E-state index in [0.29, 0.717) is 12.5 Å². The topological polar surface area (TPSA) is 70.1 Å². The molecule has 0 spiro atoms. The van der Waals surface area contributed by atoms with Gasteiger partial charge in [-0.1, -0.05) is 6.92 Å². The molecule has 5 nitrogen and oxygen atoms in total. The quantitative estimate of drug-likeness (QED) is 0.715. The maximum Gasteiger partial charge on any atom is 0.136 e. The Labute approximate surface area is 121 Å². The predicted octanol–water partition coefficient (Wildman–Crippen LogP) is 2.67. The lowest BCUT2D eigenvalue weighted by Gasteiger charge is -2.20. The number of rotatable bonds is 7. The summed E-state index contributed by atoms with van der Waals surface area (Å²) < 4.78 is 0. The number of hydrogen-bond acceptors (Lipinski definition) is 5. The molecule has 20 heavy (non-hydrogen) atoms. The van der Waals surface area contributed by atoms with E-state index in [1.54, 1.807) is 13.8 Å². The van der Waals surface area contributed by atoms with Crippen LogP contribution in [0.15, 0.2) is 0 Å². The van der Waals surface area contributed by atoms with Crippen molar-refractivity contribution < 1.29 is 5.11 Å². The Morgan fingerprint density at radius 3 is 2.30 bits per heavy atom. The van der Waals surface area contributed by atoms with Gasteiger partial charge in [-0.25, -0.2) is 9.97 Å². The first kappa shape index (κ1) is 15.0. The summed E-state index contributed by atoms with van der Waals surface area (Å²) in [7, 11) is 0. The van der Waals surface area contributed by atoms with Gasteiger partial charge in [0, 0.05) is 24.6 Å². The van der Waals surface area contributed by atoms with Crippen LogP contribution in [0, 0.1) is 6.92 Å². The van der Waals surface area contributed by atoms with Crippen molar-refractivity contribution in [3.8, 4) is 0 Å². The fraction of sp³-hybridized carbons (Fsp3) is 0.733. The molecule has 5 heteroatoms. The van der Waals surface area contributed by atoms with Gasteiger partial charge in [-0.05, 0) is 40.0 Å². The van der Waals surface area contributed by atoms with Crippen molar-refractivity contribution in [2.75, 3.05) is 23.7 Å². The molecule has 1 aliphatic carbocycles. The largest absolute Gasteiger partial charge is 0.389 e. The zero-order valence-electron chi connectivity index (χ0n) is 13.0. The molecule has 0 unspecified atom stereocenters. The monoisotopic (exact) mass is 278 g/mol. The Morgan fingerprint density at radius 2 is 1.80 bits per heavy atom. The number of aromatic nitrogens is 2. The Kier molecular flexibility index (Phi) is 4.48. The molecule has 1 saturated carbocycles. The summed E-state index contributed by atoms with van der Waals surface area (Å²) in [6, 6.07) is 0.